The minimum atomic E-state index is -0.127. The minimum absolute atomic E-state index is 0. The zero-order valence-electron chi connectivity index (χ0n) is 7.34. The Morgan fingerprint density at radius 2 is 1.73 bits per heavy atom. The van der Waals surface area contributed by atoms with E-state index >= 15 is 0 Å². The van der Waals surface area contributed by atoms with E-state index in [0.717, 1.165) is 25.8 Å². The number of hydrogen-bond donors (Lipinski definition) is 2. The summed E-state index contributed by atoms with van der Waals surface area (Å²) in [4.78, 5) is 0. The average molecular weight is 163 g/mol. The predicted molar refractivity (Wildman–Crippen MR) is 47.4 cm³/mol. The SMILES string of the molecule is CC(O)CCCCCCN.O. The maximum atomic E-state index is 8.88. The van der Waals surface area contributed by atoms with Gasteiger partial charge >= 0.3 is 0 Å². The first-order valence-electron chi connectivity index (χ1n) is 4.15. The lowest BCUT2D eigenvalue weighted by Gasteiger charge is -2.02. The first-order valence-corrected chi connectivity index (χ1v) is 4.15. The molecular formula is C8H21NO2. The van der Waals surface area contributed by atoms with Crippen LogP contribution in [-0.4, -0.2) is 23.2 Å². The summed E-state index contributed by atoms with van der Waals surface area (Å²) in [7, 11) is 0. The highest BCUT2D eigenvalue weighted by Crippen LogP contribution is 2.04. The standard InChI is InChI=1S/C8H19NO.H2O/c1-8(10)6-4-2-3-5-7-9;/h8,10H,2-7,9H2,1H3;1H2. The number of aliphatic hydroxyl groups excluding tert-OH is 1. The molecule has 11 heavy (non-hydrogen) atoms. The molecule has 0 bridgehead atoms. The Labute approximate surface area is 68.9 Å². The molecule has 0 rings (SSSR count). The van der Waals surface area contributed by atoms with Crippen LogP contribution in [0.5, 0.6) is 0 Å². The van der Waals surface area contributed by atoms with E-state index < -0.39 is 0 Å². The van der Waals surface area contributed by atoms with Gasteiger partial charge < -0.3 is 16.3 Å². The van der Waals surface area contributed by atoms with Crippen molar-refractivity contribution in [1.29, 1.82) is 0 Å². The van der Waals surface area contributed by atoms with E-state index in [2.05, 4.69) is 0 Å². The molecule has 0 aromatic heterocycles. The van der Waals surface area contributed by atoms with Crippen molar-refractivity contribution in [1.82, 2.24) is 0 Å². The van der Waals surface area contributed by atoms with Crippen LogP contribution in [-0.2, 0) is 0 Å². The fraction of sp³-hybridized carbons (Fsp3) is 1.00. The lowest BCUT2D eigenvalue weighted by molar-refractivity contribution is 0.180. The van der Waals surface area contributed by atoms with Gasteiger partial charge in [-0.25, -0.2) is 0 Å². The zero-order chi connectivity index (χ0) is 7.82. The summed E-state index contributed by atoms with van der Waals surface area (Å²) >= 11 is 0. The summed E-state index contributed by atoms with van der Waals surface area (Å²) in [5, 5.41) is 8.88. The molecule has 0 radical (unpaired) electrons. The van der Waals surface area contributed by atoms with Gasteiger partial charge in [-0.3, -0.25) is 0 Å². The number of nitrogens with two attached hydrogens (primary N) is 1. The smallest absolute Gasteiger partial charge is 0.0512 e. The van der Waals surface area contributed by atoms with E-state index in [0.29, 0.717) is 0 Å². The molecule has 0 saturated heterocycles. The largest absolute Gasteiger partial charge is 0.412 e. The highest BCUT2D eigenvalue weighted by molar-refractivity contribution is 4.48. The third-order valence-electron chi connectivity index (χ3n) is 1.58. The van der Waals surface area contributed by atoms with Crippen LogP contribution in [0.1, 0.15) is 39.0 Å². The van der Waals surface area contributed by atoms with Crippen LogP contribution in [0.25, 0.3) is 0 Å². The summed E-state index contributed by atoms with van der Waals surface area (Å²) in [6.07, 6.45) is 5.49. The molecule has 0 heterocycles. The van der Waals surface area contributed by atoms with E-state index in [1.807, 2.05) is 6.92 Å². The molecule has 5 N–H and O–H groups in total. The summed E-state index contributed by atoms with van der Waals surface area (Å²) in [5.41, 5.74) is 5.32. The monoisotopic (exact) mass is 163 g/mol. The molecule has 0 amide bonds. The lowest BCUT2D eigenvalue weighted by Crippen LogP contribution is -2.00. The van der Waals surface area contributed by atoms with Crippen molar-refractivity contribution in [2.45, 2.75) is 45.1 Å². The molecule has 0 spiro atoms. The molecule has 3 heteroatoms. The Morgan fingerprint density at radius 3 is 2.18 bits per heavy atom. The third kappa shape index (κ3) is 13.0. The van der Waals surface area contributed by atoms with Gasteiger partial charge in [-0.05, 0) is 26.3 Å². The van der Waals surface area contributed by atoms with E-state index in [4.69, 9.17) is 10.8 Å². The van der Waals surface area contributed by atoms with Crippen molar-refractivity contribution in [3.05, 3.63) is 0 Å². The fourth-order valence-corrected chi connectivity index (χ4v) is 0.938. The number of hydrogen-bond acceptors (Lipinski definition) is 2. The normalized spacial score (nSPS) is 12.3. The Bertz CT molecular complexity index is 67.1. The van der Waals surface area contributed by atoms with Crippen molar-refractivity contribution >= 4 is 0 Å². The topological polar surface area (TPSA) is 77.8 Å². The van der Waals surface area contributed by atoms with Crippen molar-refractivity contribution in [3.63, 3.8) is 0 Å². The van der Waals surface area contributed by atoms with Crippen molar-refractivity contribution in [2.75, 3.05) is 6.54 Å². The van der Waals surface area contributed by atoms with Crippen LogP contribution in [0.15, 0.2) is 0 Å². The van der Waals surface area contributed by atoms with Gasteiger partial charge in [0.1, 0.15) is 0 Å². The molecule has 0 aromatic carbocycles. The maximum Gasteiger partial charge on any atom is 0.0512 e. The quantitative estimate of drug-likeness (QED) is 0.558. The predicted octanol–water partition coefficient (Wildman–Crippen LogP) is 0.452. The molecule has 0 aliphatic carbocycles. The average Bonchev–Trinajstić information content (AvgIpc) is 1.87. The second-order valence-corrected chi connectivity index (χ2v) is 2.84. The summed E-state index contributed by atoms with van der Waals surface area (Å²) in [6.45, 7) is 2.64. The van der Waals surface area contributed by atoms with Crippen molar-refractivity contribution in [2.24, 2.45) is 5.73 Å². The van der Waals surface area contributed by atoms with E-state index in [-0.39, 0.29) is 11.6 Å². The van der Waals surface area contributed by atoms with Gasteiger partial charge in [-0.2, -0.15) is 0 Å². The molecule has 0 fully saturated rings. The number of rotatable bonds is 6. The number of aliphatic hydroxyl groups is 1. The Hall–Kier alpha value is -0.120. The van der Waals surface area contributed by atoms with Crippen LogP contribution in [0.4, 0.5) is 0 Å². The van der Waals surface area contributed by atoms with E-state index in [1.165, 1.54) is 12.8 Å². The highest BCUT2D eigenvalue weighted by Gasteiger charge is 1.94. The summed E-state index contributed by atoms with van der Waals surface area (Å²) in [6, 6.07) is 0. The highest BCUT2D eigenvalue weighted by atomic mass is 16.3. The molecule has 1 atom stereocenters. The lowest BCUT2D eigenvalue weighted by atomic mass is 10.1. The van der Waals surface area contributed by atoms with Crippen molar-refractivity contribution in [3.8, 4) is 0 Å². The zero-order valence-corrected chi connectivity index (χ0v) is 7.34. The third-order valence-corrected chi connectivity index (χ3v) is 1.58. The van der Waals surface area contributed by atoms with Gasteiger partial charge in [0.2, 0.25) is 0 Å². The molecular weight excluding hydrogens is 142 g/mol. The molecule has 0 aliphatic rings. The first kappa shape index (κ1) is 13.5. The van der Waals surface area contributed by atoms with Crippen LogP contribution < -0.4 is 5.73 Å². The van der Waals surface area contributed by atoms with E-state index in [9.17, 15) is 0 Å². The van der Waals surface area contributed by atoms with Crippen LogP contribution in [0.2, 0.25) is 0 Å². The van der Waals surface area contributed by atoms with Gasteiger partial charge in [0.05, 0.1) is 6.10 Å². The number of unbranched alkanes of at least 4 members (excludes halogenated alkanes) is 3. The Balaban J connectivity index is 0. The van der Waals surface area contributed by atoms with Crippen molar-refractivity contribution < 1.29 is 10.6 Å². The summed E-state index contributed by atoms with van der Waals surface area (Å²) < 4.78 is 0. The van der Waals surface area contributed by atoms with Crippen LogP contribution in [0.3, 0.4) is 0 Å². The first-order chi connectivity index (χ1) is 4.77. The van der Waals surface area contributed by atoms with E-state index in [1.54, 1.807) is 0 Å². The Morgan fingerprint density at radius 1 is 1.18 bits per heavy atom. The minimum Gasteiger partial charge on any atom is -0.412 e. The molecule has 0 aliphatic heterocycles. The van der Waals surface area contributed by atoms with Gasteiger partial charge in [-0.1, -0.05) is 19.3 Å². The summed E-state index contributed by atoms with van der Waals surface area (Å²) in [5.74, 6) is 0. The second kappa shape index (κ2) is 9.88. The molecule has 3 nitrogen and oxygen atoms in total. The Kier molecular flexibility index (Phi) is 12.1. The maximum absolute atomic E-state index is 8.88. The molecule has 0 aromatic rings. The van der Waals surface area contributed by atoms with Gasteiger partial charge in [0.15, 0.2) is 0 Å². The van der Waals surface area contributed by atoms with Gasteiger partial charge in [0, 0.05) is 0 Å². The molecule has 70 valence electrons. The van der Waals surface area contributed by atoms with Crippen LogP contribution in [0, 0.1) is 0 Å². The molecule has 1 unspecified atom stereocenters. The molecule has 0 saturated carbocycles. The van der Waals surface area contributed by atoms with Gasteiger partial charge in [0.25, 0.3) is 0 Å². The van der Waals surface area contributed by atoms with Crippen LogP contribution >= 0.6 is 0 Å². The van der Waals surface area contributed by atoms with Gasteiger partial charge in [-0.15, -0.1) is 0 Å². The fourth-order valence-electron chi connectivity index (χ4n) is 0.938. The second-order valence-electron chi connectivity index (χ2n) is 2.84.